The molecule has 1 N–H and O–H groups in total. The lowest BCUT2D eigenvalue weighted by Gasteiger charge is -2.25. The van der Waals surface area contributed by atoms with E-state index in [4.69, 9.17) is 0 Å². The SMILES string of the molecule is CCN(C)S(=O)(=O)NC(CC(F)(F)F)c1ccccc1C. The Hall–Kier alpha value is -1.12. The molecule has 0 aromatic heterocycles. The van der Waals surface area contributed by atoms with Crippen LogP contribution < -0.4 is 4.72 Å². The Morgan fingerprint density at radius 3 is 2.33 bits per heavy atom. The maximum Gasteiger partial charge on any atom is 0.390 e. The second-order valence-corrected chi connectivity index (χ2v) is 6.57. The van der Waals surface area contributed by atoms with Crippen molar-refractivity contribution in [1.29, 1.82) is 0 Å². The van der Waals surface area contributed by atoms with Gasteiger partial charge in [-0.3, -0.25) is 0 Å². The van der Waals surface area contributed by atoms with E-state index in [9.17, 15) is 21.6 Å². The summed E-state index contributed by atoms with van der Waals surface area (Å²) in [5, 5.41) is 0. The van der Waals surface area contributed by atoms with Crippen molar-refractivity contribution >= 4 is 10.2 Å². The summed E-state index contributed by atoms with van der Waals surface area (Å²) in [6.07, 6.45) is -5.73. The van der Waals surface area contributed by atoms with Gasteiger partial charge in [-0.1, -0.05) is 31.2 Å². The molecule has 0 spiro atoms. The zero-order chi connectivity index (χ0) is 16.3. The van der Waals surface area contributed by atoms with E-state index in [1.54, 1.807) is 32.0 Å². The number of aryl methyl sites for hydroxylation is 1. The van der Waals surface area contributed by atoms with Gasteiger partial charge in [-0.05, 0) is 18.1 Å². The first-order valence-corrected chi connectivity index (χ1v) is 7.86. The van der Waals surface area contributed by atoms with E-state index in [0.29, 0.717) is 11.1 Å². The lowest BCUT2D eigenvalue weighted by molar-refractivity contribution is -0.139. The fraction of sp³-hybridized carbons (Fsp3) is 0.538. The smallest absolute Gasteiger partial charge is 0.195 e. The topological polar surface area (TPSA) is 49.4 Å². The summed E-state index contributed by atoms with van der Waals surface area (Å²) in [6.45, 7) is 3.42. The summed E-state index contributed by atoms with van der Waals surface area (Å²) in [4.78, 5) is 0. The number of nitrogens with one attached hydrogen (secondary N) is 1. The number of benzene rings is 1. The highest BCUT2D eigenvalue weighted by molar-refractivity contribution is 7.87. The first kappa shape index (κ1) is 17.9. The van der Waals surface area contributed by atoms with Gasteiger partial charge in [-0.2, -0.15) is 30.6 Å². The monoisotopic (exact) mass is 324 g/mol. The third-order valence-corrected chi connectivity index (χ3v) is 4.81. The molecule has 0 heterocycles. The Balaban J connectivity index is 3.13. The number of alkyl halides is 3. The van der Waals surface area contributed by atoms with Crippen molar-refractivity contribution in [2.75, 3.05) is 13.6 Å². The van der Waals surface area contributed by atoms with Gasteiger partial charge in [0, 0.05) is 13.6 Å². The molecule has 0 aliphatic heterocycles. The number of nitrogens with zero attached hydrogens (tertiary/aromatic N) is 1. The van der Waals surface area contributed by atoms with Crippen molar-refractivity contribution in [3.05, 3.63) is 35.4 Å². The Labute approximate surface area is 123 Å². The summed E-state index contributed by atoms with van der Waals surface area (Å²) < 4.78 is 65.3. The molecule has 1 aromatic carbocycles. The third-order valence-electron chi connectivity index (χ3n) is 3.15. The average Bonchev–Trinajstić information content (AvgIpc) is 2.35. The van der Waals surface area contributed by atoms with Crippen LogP contribution >= 0.6 is 0 Å². The maximum atomic E-state index is 12.7. The molecule has 0 radical (unpaired) electrons. The van der Waals surface area contributed by atoms with Crippen molar-refractivity contribution in [1.82, 2.24) is 9.03 Å². The Morgan fingerprint density at radius 1 is 1.29 bits per heavy atom. The van der Waals surface area contributed by atoms with Gasteiger partial charge in [0.1, 0.15) is 0 Å². The van der Waals surface area contributed by atoms with Crippen LogP contribution in [0.2, 0.25) is 0 Å². The van der Waals surface area contributed by atoms with Crippen molar-refractivity contribution in [3.8, 4) is 0 Å². The van der Waals surface area contributed by atoms with Crippen molar-refractivity contribution in [2.24, 2.45) is 0 Å². The summed E-state index contributed by atoms with van der Waals surface area (Å²) in [6, 6.07) is 5.08. The van der Waals surface area contributed by atoms with Gasteiger partial charge in [0.2, 0.25) is 0 Å². The van der Waals surface area contributed by atoms with Gasteiger partial charge in [0.05, 0.1) is 12.5 Å². The van der Waals surface area contributed by atoms with Gasteiger partial charge in [-0.15, -0.1) is 0 Å². The van der Waals surface area contributed by atoms with Crippen LogP contribution in [0, 0.1) is 6.92 Å². The molecule has 0 aliphatic rings. The lowest BCUT2D eigenvalue weighted by Crippen LogP contribution is -2.41. The van der Waals surface area contributed by atoms with E-state index in [2.05, 4.69) is 4.72 Å². The molecule has 0 bridgehead atoms. The van der Waals surface area contributed by atoms with Crippen LogP contribution in [0.25, 0.3) is 0 Å². The van der Waals surface area contributed by atoms with E-state index in [1.165, 1.54) is 13.1 Å². The molecule has 0 saturated carbocycles. The predicted molar refractivity (Wildman–Crippen MR) is 75.0 cm³/mol. The van der Waals surface area contributed by atoms with Crippen molar-refractivity contribution < 1.29 is 21.6 Å². The molecule has 0 aliphatic carbocycles. The molecule has 0 saturated heterocycles. The molecule has 120 valence electrons. The van der Waals surface area contributed by atoms with Gasteiger partial charge in [0.15, 0.2) is 0 Å². The Morgan fingerprint density at radius 2 is 1.86 bits per heavy atom. The normalized spacial score (nSPS) is 14.4. The van der Waals surface area contributed by atoms with Crippen LogP contribution in [0.5, 0.6) is 0 Å². The van der Waals surface area contributed by atoms with E-state index >= 15 is 0 Å². The minimum atomic E-state index is -4.47. The molecule has 1 aromatic rings. The summed E-state index contributed by atoms with van der Waals surface area (Å²) in [7, 11) is -2.65. The number of halogens is 3. The quantitative estimate of drug-likeness (QED) is 0.875. The molecule has 1 atom stereocenters. The summed E-state index contributed by atoms with van der Waals surface area (Å²) in [5.41, 5.74) is 0.927. The fourth-order valence-corrected chi connectivity index (χ4v) is 2.95. The molecule has 8 heteroatoms. The highest BCUT2D eigenvalue weighted by atomic mass is 32.2. The van der Waals surface area contributed by atoms with E-state index < -0.39 is 28.8 Å². The minimum absolute atomic E-state index is 0.168. The highest BCUT2D eigenvalue weighted by Crippen LogP contribution is 2.31. The molecule has 0 fully saturated rings. The van der Waals surface area contributed by atoms with Gasteiger partial charge in [-0.25, -0.2) is 0 Å². The average molecular weight is 324 g/mol. The van der Waals surface area contributed by atoms with Crippen molar-refractivity contribution in [3.63, 3.8) is 0 Å². The van der Waals surface area contributed by atoms with Crippen LogP contribution in [-0.2, 0) is 10.2 Å². The Kier molecular flexibility index (Phi) is 5.77. The number of rotatable bonds is 6. The third kappa shape index (κ3) is 5.29. The van der Waals surface area contributed by atoms with Gasteiger partial charge < -0.3 is 0 Å². The fourth-order valence-electron chi connectivity index (χ4n) is 1.86. The van der Waals surface area contributed by atoms with E-state index in [-0.39, 0.29) is 6.54 Å². The molecule has 1 unspecified atom stereocenters. The van der Waals surface area contributed by atoms with Crippen molar-refractivity contribution in [2.45, 2.75) is 32.5 Å². The van der Waals surface area contributed by atoms with E-state index in [1.807, 2.05) is 0 Å². The lowest BCUT2D eigenvalue weighted by atomic mass is 9.99. The first-order chi connectivity index (χ1) is 9.57. The predicted octanol–water partition coefficient (Wildman–Crippen LogP) is 2.77. The number of hydrogen-bond donors (Lipinski definition) is 1. The second-order valence-electron chi connectivity index (χ2n) is 4.77. The Bertz CT molecular complexity index is 573. The molecular weight excluding hydrogens is 305 g/mol. The highest BCUT2D eigenvalue weighted by Gasteiger charge is 2.35. The van der Waals surface area contributed by atoms with Gasteiger partial charge >= 0.3 is 6.18 Å². The summed E-state index contributed by atoms with van der Waals surface area (Å²) in [5.74, 6) is 0. The van der Waals surface area contributed by atoms with Crippen LogP contribution in [0.15, 0.2) is 24.3 Å². The minimum Gasteiger partial charge on any atom is -0.195 e. The first-order valence-electron chi connectivity index (χ1n) is 6.42. The maximum absolute atomic E-state index is 12.7. The van der Waals surface area contributed by atoms with Crippen LogP contribution in [0.1, 0.15) is 30.5 Å². The molecular formula is C13H19F3N2O2S. The molecule has 1 rings (SSSR count). The van der Waals surface area contributed by atoms with E-state index in [0.717, 1.165) is 4.31 Å². The molecule has 4 nitrogen and oxygen atoms in total. The van der Waals surface area contributed by atoms with Crippen LogP contribution in [0.4, 0.5) is 13.2 Å². The zero-order valence-corrected chi connectivity index (χ0v) is 12.9. The largest absolute Gasteiger partial charge is 0.390 e. The summed E-state index contributed by atoms with van der Waals surface area (Å²) >= 11 is 0. The van der Waals surface area contributed by atoms with Crippen LogP contribution in [0.3, 0.4) is 0 Å². The standard InChI is InChI=1S/C13H19F3N2O2S/c1-4-18(3)21(19,20)17-12(9-13(14,15)16)11-8-6-5-7-10(11)2/h5-8,12,17H,4,9H2,1-3H3. The molecule has 21 heavy (non-hydrogen) atoms. The second kappa shape index (κ2) is 6.76. The zero-order valence-electron chi connectivity index (χ0n) is 12.1. The van der Waals surface area contributed by atoms with Gasteiger partial charge in [0.25, 0.3) is 10.2 Å². The molecule has 0 amide bonds. The number of hydrogen-bond acceptors (Lipinski definition) is 2. The van der Waals surface area contributed by atoms with Crippen LogP contribution in [-0.4, -0.2) is 32.5 Å².